The Balaban J connectivity index is 3.01. The van der Waals surface area contributed by atoms with Gasteiger partial charge in [0.15, 0.2) is 11.5 Å². The quantitative estimate of drug-likeness (QED) is 0.801. The Morgan fingerprint density at radius 3 is 2.36 bits per heavy atom. The van der Waals surface area contributed by atoms with Gasteiger partial charge in [0.2, 0.25) is 0 Å². The van der Waals surface area contributed by atoms with Crippen LogP contribution in [0.1, 0.15) is 25.0 Å². The van der Waals surface area contributed by atoms with E-state index in [2.05, 4.69) is 0 Å². The first-order chi connectivity index (χ1) is 6.72. The van der Waals surface area contributed by atoms with E-state index in [1.54, 1.807) is 26.4 Å². The Morgan fingerprint density at radius 1 is 1.21 bits per heavy atom. The lowest BCUT2D eigenvalue weighted by molar-refractivity contribution is 0.173. The van der Waals surface area contributed by atoms with Gasteiger partial charge in [-0.05, 0) is 24.1 Å². The molecule has 3 nitrogen and oxygen atoms in total. The van der Waals surface area contributed by atoms with Gasteiger partial charge in [0.05, 0.1) is 20.3 Å². The second-order valence-electron chi connectivity index (χ2n) is 3.04. The number of hydrogen-bond acceptors (Lipinski definition) is 3. The number of ether oxygens (including phenoxy) is 2. The van der Waals surface area contributed by atoms with E-state index in [4.69, 9.17) is 9.47 Å². The molecule has 0 spiro atoms. The molecule has 0 aliphatic rings. The number of hydrogen-bond donors (Lipinski definition) is 1. The van der Waals surface area contributed by atoms with Gasteiger partial charge in [-0.15, -0.1) is 0 Å². The first-order valence-corrected chi connectivity index (χ1v) is 4.63. The largest absolute Gasteiger partial charge is 0.493 e. The highest BCUT2D eigenvalue weighted by Crippen LogP contribution is 2.30. The highest BCUT2D eigenvalue weighted by molar-refractivity contribution is 5.43. The molecule has 0 fully saturated rings. The van der Waals surface area contributed by atoms with Crippen molar-refractivity contribution in [3.05, 3.63) is 23.8 Å². The predicted octanol–water partition coefficient (Wildman–Crippen LogP) is 2.15. The fourth-order valence-corrected chi connectivity index (χ4v) is 1.30. The van der Waals surface area contributed by atoms with E-state index in [0.29, 0.717) is 17.9 Å². The van der Waals surface area contributed by atoms with E-state index in [0.717, 1.165) is 5.56 Å². The summed E-state index contributed by atoms with van der Waals surface area (Å²) in [4.78, 5) is 0. The fraction of sp³-hybridized carbons (Fsp3) is 0.455. The molecule has 14 heavy (non-hydrogen) atoms. The number of benzene rings is 1. The van der Waals surface area contributed by atoms with E-state index in [1.807, 2.05) is 13.0 Å². The SMILES string of the molecule is CC[C@H](O)c1ccc(OC)c(OC)c1. The first-order valence-electron chi connectivity index (χ1n) is 4.63. The Hall–Kier alpha value is -1.22. The maximum atomic E-state index is 9.62. The van der Waals surface area contributed by atoms with Crippen molar-refractivity contribution in [1.82, 2.24) is 0 Å². The second kappa shape index (κ2) is 4.86. The van der Waals surface area contributed by atoms with Crippen LogP contribution in [0.25, 0.3) is 0 Å². The lowest BCUT2D eigenvalue weighted by Gasteiger charge is -2.12. The van der Waals surface area contributed by atoms with Gasteiger partial charge in [0.25, 0.3) is 0 Å². The normalized spacial score (nSPS) is 12.3. The van der Waals surface area contributed by atoms with Crippen LogP contribution in [0.15, 0.2) is 18.2 Å². The molecule has 3 heteroatoms. The Bertz CT molecular complexity index is 297. The summed E-state index contributed by atoms with van der Waals surface area (Å²) in [7, 11) is 3.17. The van der Waals surface area contributed by atoms with Crippen LogP contribution in [-0.2, 0) is 0 Å². The number of methoxy groups -OCH3 is 2. The smallest absolute Gasteiger partial charge is 0.161 e. The number of aliphatic hydroxyl groups excluding tert-OH is 1. The summed E-state index contributed by atoms with van der Waals surface area (Å²) < 4.78 is 10.2. The lowest BCUT2D eigenvalue weighted by Crippen LogP contribution is -1.97. The molecule has 0 unspecified atom stereocenters. The Kier molecular flexibility index (Phi) is 3.77. The topological polar surface area (TPSA) is 38.7 Å². The molecule has 0 saturated carbocycles. The van der Waals surface area contributed by atoms with Crippen molar-refractivity contribution in [2.45, 2.75) is 19.4 Å². The van der Waals surface area contributed by atoms with Crippen LogP contribution in [0.3, 0.4) is 0 Å². The third kappa shape index (κ3) is 2.17. The zero-order chi connectivity index (χ0) is 10.6. The molecule has 1 rings (SSSR count). The molecule has 1 aromatic rings. The zero-order valence-corrected chi connectivity index (χ0v) is 8.78. The maximum Gasteiger partial charge on any atom is 0.161 e. The third-order valence-electron chi connectivity index (χ3n) is 2.18. The van der Waals surface area contributed by atoms with Gasteiger partial charge in [0, 0.05) is 0 Å². The molecule has 1 atom stereocenters. The summed E-state index contributed by atoms with van der Waals surface area (Å²) in [6.07, 6.45) is 0.255. The molecule has 1 aromatic carbocycles. The molecule has 0 heterocycles. The van der Waals surface area contributed by atoms with Crippen molar-refractivity contribution in [2.24, 2.45) is 0 Å². The molecule has 0 aliphatic carbocycles. The maximum absolute atomic E-state index is 9.62. The highest BCUT2D eigenvalue weighted by atomic mass is 16.5. The van der Waals surface area contributed by atoms with Crippen LogP contribution >= 0.6 is 0 Å². The van der Waals surface area contributed by atoms with Crippen molar-refractivity contribution in [3.8, 4) is 11.5 Å². The standard InChI is InChI=1S/C11H16O3/c1-4-9(12)8-5-6-10(13-2)11(7-8)14-3/h5-7,9,12H,4H2,1-3H3/t9-/m0/s1. The minimum absolute atomic E-state index is 0.435. The fourth-order valence-electron chi connectivity index (χ4n) is 1.30. The third-order valence-corrected chi connectivity index (χ3v) is 2.18. The van der Waals surface area contributed by atoms with Crippen LogP contribution < -0.4 is 9.47 Å². The van der Waals surface area contributed by atoms with Crippen LogP contribution in [-0.4, -0.2) is 19.3 Å². The highest BCUT2D eigenvalue weighted by Gasteiger charge is 2.09. The molecule has 0 radical (unpaired) electrons. The van der Waals surface area contributed by atoms with Gasteiger partial charge in [-0.3, -0.25) is 0 Å². The van der Waals surface area contributed by atoms with Gasteiger partial charge in [-0.1, -0.05) is 13.0 Å². The van der Waals surface area contributed by atoms with Crippen molar-refractivity contribution < 1.29 is 14.6 Å². The van der Waals surface area contributed by atoms with Crippen molar-refractivity contribution in [3.63, 3.8) is 0 Å². The summed E-state index contributed by atoms with van der Waals surface area (Å²) in [6.45, 7) is 1.93. The van der Waals surface area contributed by atoms with E-state index >= 15 is 0 Å². The molecule has 1 N–H and O–H groups in total. The number of rotatable bonds is 4. The van der Waals surface area contributed by atoms with Crippen LogP contribution in [0.2, 0.25) is 0 Å². The van der Waals surface area contributed by atoms with Gasteiger partial charge >= 0.3 is 0 Å². The molecule has 78 valence electrons. The molecule has 0 amide bonds. The van der Waals surface area contributed by atoms with Crippen LogP contribution in [0.4, 0.5) is 0 Å². The van der Waals surface area contributed by atoms with Crippen LogP contribution in [0.5, 0.6) is 11.5 Å². The van der Waals surface area contributed by atoms with E-state index in [1.165, 1.54) is 0 Å². The Morgan fingerprint density at radius 2 is 1.86 bits per heavy atom. The summed E-state index contributed by atoms with van der Waals surface area (Å²) >= 11 is 0. The molecular weight excluding hydrogens is 180 g/mol. The first kappa shape index (κ1) is 10.9. The van der Waals surface area contributed by atoms with Gasteiger partial charge < -0.3 is 14.6 Å². The molecule has 0 saturated heterocycles. The summed E-state index contributed by atoms with van der Waals surface area (Å²) in [6, 6.07) is 5.44. The summed E-state index contributed by atoms with van der Waals surface area (Å²) in [5.41, 5.74) is 0.852. The second-order valence-corrected chi connectivity index (χ2v) is 3.04. The van der Waals surface area contributed by atoms with Crippen molar-refractivity contribution >= 4 is 0 Å². The van der Waals surface area contributed by atoms with E-state index in [9.17, 15) is 5.11 Å². The van der Waals surface area contributed by atoms with Crippen molar-refractivity contribution in [2.75, 3.05) is 14.2 Å². The van der Waals surface area contributed by atoms with Crippen molar-refractivity contribution in [1.29, 1.82) is 0 Å². The van der Waals surface area contributed by atoms with Gasteiger partial charge in [-0.2, -0.15) is 0 Å². The minimum Gasteiger partial charge on any atom is -0.493 e. The molecule has 0 bridgehead atoms. The summed E-state index contributed by atoms with van der Waals surface area (Å²) in [5.74, 6) is 1.33. The average Bonchev–Trinajstić information content (AvgIpc) is 2.26. The zero-order valence-electron chi connectivity index (χ0n) is 8.78. The Labute approximate surface area is 84.3 Å². The molecule has 0 aromatic heterocycles. The predicted molar refractivity (Wildman–Crippen MR) is 54.8 cm³/mol. The van der Waals surface area contributed by atoms with Crippen LogP contribution in [0, 0.1) is 0 Å². The average molecular weight is 196 g/mol. The van der Waals surface area contributed by atoms with E-state index < -0.39 is 6.10 Å². The molecular formula is C11H16O3. The van der Waals surface area contributed by atoms with Gasteiger partial charge in [0.1, 0.15) is 0 Å². The van der Waals surface area contributed by atoms with Gasteiger partial charge in [-0.25, -0.2) is 0 Å². The number of aliphatic hydroxyl groups is 1. The summed E-state index contributed by atoms with van der Waals surface area (Å²) in [5, 5.41) is 9.62. The minimum atomic E-state index is -0.435. The molecule has 0 aliphatic heterocycles. The lowest BCUT2D eigenvalue weighted by atomic mass is 10.1. The van der Waals surface area contributed by atoms with E-state index in [-0.39, 0.29) is 0 Å². The monoisotopic (exact) mass is 196 g/mol.